The third-order valence-corrected chi connectivity index (χ3v) is 6.58. The molecule has 5 rings (SSSR count). The van der Waals surface area contributed by atoms with Crippen molar-refractivity contribution in [1.82, 2.24) is 4.57 Å². The number of aromatic nitrogens is 1. The van der Waals surface area contributed by atoms with E-state index in [1.807, 2.05) is 0 Å². The van der Waals surface area contributed by atoms with Crippen LogP contribution < -0.4 is 0 Å². The van der Waals surface area contributed by atoms with Crippen LogP contribution in [0, 0.1) is 0 Å². The van der Waals surface area contributed by atoms with Crippen molar-refractivity contribution >= 4 is 50.6 Å². The van der Waals surface area contributed by atoms with Gasteiger partial charge >= 0.3 is 0 Å². The van der Waals surface area contributed by atoms with Crippen molar-refractivity contribution < 1.29 is 0 Å². The summed E-state index contributed by atoms with van der Waals surface area (Å²) in [5.74, 6) is 0. The van der Waals surface area contributed by atoms with Gasteiger partial charge in [0.2, 0.25) is 0 Å². The lowest BCUT2D eigenvalue weighted by Gasteiger charge is -2.06. The Kier molecular flexibility index (Phi) is 4.11. The molecule has 1 aliphatic heterocycles. The first kappa shape index (κ1) is 16.4. The van der Waals surface area contributed by atoms with Crippen LogP contribution in [0.3, 0.4) is 0 Å². The normalized spacial score (nSPS) is 14.6. The van der Waals surface area contributed by atoms with Gasteiger partial charge in [-0.2, -0.15) is 5.10 Å². The van der Waals surface area contributed by atoms with Gasteiger partial charge in [0.05, 0.1) is 15.5 Å². The first-order valence-corrected chi connectivity index (χ1v) is 10.5. The summed E-state index contributed by atoms with van der Waals surface area (Å²) >= 11 is 3.41. The summed E-state index contributed by atoms with van der Waals surface area (Å²) in [6, 6.07) is 16.9. The summed E-state index contributed by atoms with van der Waals surface area (Å²) in [5, 5.41) is 14.7. The molecule has 0 bridgehead atoms. The molecule has 0 saturated carbocycles. The van der Waals surface area contributed by atoms with Crippen molar-refractivity contribution in [3.05, 3.63) is 86.9 Å². The van der Waals surface area contributed by atoms with Gasteiger partial charge in [0, 0.05) is 36.1 Å². The summed E-state index contributed by atoms with van der Waals surface area (Å²) in [6.45, 7) is 0. The highest BCUT2D eigenvalue weighted by Crippen LogP contribution is 2.32. The molecule has 5 heteroatoms. The number of rotatable bonds is 3. The lowest BCUT2D eigenvalue weighted by molar-refractivity contribution is 0.967. The molecule has 0 N–H and O–H groups in total. The number of hydrogen-bond donors (Lipinski definition) is 0. The van der Waals surface area contributed by atoms with Crippen molar-refractivity contribution in [2.45, 2.75) is 6.42 Å². The molecule has 27 heavy (non-hydrogen) atoms. The van der Waals surface area contributed by atoms with E-state index in [2.05, 4.69) is 93.4 Å². The predicted molar refractivity (Wildman–Crippen MR) is 117 cm³/mol. The van der Waals surface area contributed by atoms with Crippen LogP contribution >= 0.6 is 22.7 Å². The Bertz CT molecular complexity index is 1190. The Balaban J connectivity index is 1.69. The first-order chi connectivity index (χ1) is 13.3. The Morgan fingerprint density at radius 3 is 2.44 bits per heavy atom. The smallest absolute Gasteiger partial charge is 0.103 e. The maximum Gasteiger partial charge on any atom is 0.103 e. The third kappa shape index (κ3) is 2.99. The van der Waals surface area contributed by atoms with Gasteiger partial charge in [-0.3, -0.25) is 0 Å². The lowest BCUT2D eigenvalue weighted by Crippen LogP contribution is -1.99. The molecule has 0 aliphatic carbocycles. The number of para-hydroxylation sites is 1. The lowest BCUT2D eigenvalue weighted by atomic mass is 9.97. The van der Waals surface area contributed by atoms with E-state index in [1.54, 1.807) is 22.7 Å². The molecule has 0 spiro atoms. The van der Waals surface area contributed by atoms with Gasteiger partial charge in [-0.05, 0) is 40.6 Å². The van der Waals surface area contributed by atoms with Gasteiger partial charge in [0.15, 0.2) is 0 Å². The maximum absolute atomic E-state index is 4.63. The average molecular weight is 388 g/mol. The second-order valence-corrected chi connectivity index (χ2v) is 8.40. The van der Waals surface area contributed by atoms with Crippen molar-refractivity contribution in [3.8, 4) is 0 Å². The van der Waals surface area contributed by atoms with E-state index in [0.29, 0.717) is 0 Å². The summed E-state index contributed by atoms with van der Waals surface area (Å²) in [6.07, 6.45) is 5.20. The highest BCUT2D eigenvalue weighted by Gasteiger charge is 2.18. The van der Waals surface area contributed by atoms with Gasteiger partial charge < -0.3 is 4.57 Å². The standard InChI is InChI=1S/C22H17N3S2/c1-25-14-17(16-6-2-3-7-20(16)25)15-12-18(21-8-4-10-26-21)23-24-19(13-15)22-9-5-11-27-22/h2-12,14H,13H2,1H3. The molecular formula is C22H17N3S2. The van der Waals surface area contributed by atoms with Crippen molar-refractivity contribution in [1.29, 1.82) is 0 Å². The van der Waals surface area contributed by atoms with Gasteiger partial charge in [-0.25, -0.2) is 0 Å². The fourth-order valence-corrected chi connectivity index (χ4v) is 4.86. The number of allylic oxidation sites excluding steroid dienone is 2. The number of benzene rings is 1. The second-order valence-electron chi connectivity index (χ2n) is 6.50. The minimum absolute atomic E-state index is 0.771. The summed E-state index contributed by atoms with van der Waals surface area (Å²) < 4.78 is 2.19. The average Bonchev–Trinajstić information content (AvgIpc) is 3.43. The molecule has 0 atom stereocenters. The van der Waals surface area contributed by atoms with Crippen LogP contribution in [0.25, 0.3) is 16.5 Å². The van der Waals surface area contributed by atoms with Gasteiger partial charge in [0.25, 0.3) is 0 Å². The molecule has 0 unspecified atom stereocenters. The van der Waals surface area contributed by atoms with Crippen LogP contribution in [-0.2, 0) is 7.05 Å². The van der Waals surface area contributed by atoms with Crippen molar-refractivity contribution in [2.24, 2.45) is 17.3 Å². The number of aryl methyl sites for hydroxylation is 1. The Morgan fingerprint density at radius 2 is 1.67 bits per heavy atom. The van der Waals surface area contributed by atoms with Crippen LogP contribution in [0.1, 0.15) is 21.7 Å². The summed E-state index contributed by atoms with van der Waals surface area (Å²) in [5.41, 5.74) is 5.70. The molecule has 0 fully saturated rings. The second kappa shape index (κ2) is 6.76. The van der Waals surface area contributed by atoms with Crippen LogP contribution in [-0.4, -0.2) is 16.0 Å². The fraction of sp³-hybridized carbons (Fsp3) is 0.0909. The molecule has 4 heterocycles. The van der Waals surface area contributed by atoms with E-state index < -0.39 is 0 Å². The molecule has 3 nitrogen and oxygen atoms in total. The van der Waals surface area contributed by atoms with Crippen LogP contribution in [0.2, 0.25) is 0 Å². The first-order valence-electron chi connectivity index (χ1n) is 8.77. The third-order valence-electron chi connectivity index (χ3n) is 4.77. The van der Waals surface area contributed by atoms with Crippen molar-refractivity contribution in [2.75, 3.05) is 0 Å². The molecule has 0 radical (unpaired) electrons. The molecule has 1 aliphatic rings. The quantitative estimate of drug-likeness (QED) is 0.414. The SMILES string of the molecule is Cn1cc(C2=CC(c3cccs3)=NN=C(c3cccs3)C2)c2ccccc21. The van der Waals surface area contributed by atoms with Gasteiger partial charge in [-0.15, -0.1) is 27.8 Å². The largest absolute Gasteiger partial charge is 0.350 e. The Labute approximate surface area is 165 Å². The predicted octanol–water partition coefficient (Wildman–Crippen LogP) is 5.98. The number of fused-ring (bicyclic) bond motifs is 1. The molecule has 0 saturated heterocycles. The molecule has 3 aromatic heterocycles. The molecule has 0 amide bonds. The maximum atomic E-state index is 4.63. The summed E-state index contributed by atoms with van der Waals surface area (Å²) in [4.78, 5) is 2.32. The van der Waals surface area contributed by atoms with E-state index >= 15 is 0 Å². The topological polar surface area (TPSA) is 29.6 Å². The number of nitrogens with zero attached hydrogens (tertiary/aromatic N) is 3. The summed E-state index contributed by atoms with van der Waals surface area (Å²) in [7, 11) is 2.10. The molecule has 1 aromatic carbocycles. The zero-order valence-corrected chi connectivity index (χ0v) is 16.4. The van der Waals surface area contributed by atoms with Gasteiger partial charge in [0.1, 0.15) is 5.71 Å². The minimum Gasteiger partial charge on any atom is -0.350 e. The zero-order valence-electron chi connectivity index (χ0n) is 14.8. The molecule has 132 valence electrons. The van der Waals surface area contributed by atoms with E-state index in [-0.39, 0.29) is 0 Å². The van der Waals surface area contributed by atoms with E-state index in [0.717, 1.165) is 22.7 Å². The van der Waals surface area contributed by atoms with E-state index in [4.69, 9.17) is 0 Å². The number of hydrogen-bond acceptors (Lipinski definition) is 4. The molecule has 4 aromatic rings. The van der Waals surface area contributed by atoms with E-state index in [1.165, 1.54) is 26.9 Å². The fourth-order valence-electron chi connectivity index (χ4n) is 3.47. The highest BCUT2D eigenvalue weighted by molar-refractivity contribution is 7.12. The van der Waals surface area contributed by atoms with Gasteiger partial charge in [-0.1, -0.05) is 30.3 Å². The van der Waals surface area contributed by atoms with E-state index in [9.17, 15) is 0 Å². The minimum atomic E-state index is 0.771. The zero-order chi connectivity index (χ0) is 18.2. The molecular weight excluding hydrogens is 370 g/mol. The van der Waals surface area contributed by atoms with Crippen LogP contribution in [0.5, 0.6) is 0 Å². The Hall–Kier alpha value is -2.76. The van der Waals surface area contributed by atoms with Crippen LogP contribution in [0.15, 0.2) is 81.8 Å². The number of thiophene rings is 2. The Morgan fingerprint density at radius 1 is 0.889 bits per heavy atom. The highest BCUT2D eigenvalue weighted by atomic mass is 32.1. The monoisotopic (exact) mass is 387 g/mol. The van der Waals surface area contributed by atoms with Crippen molar-refractivity contribution in [3.63, 3.8) is 0 Å². The van der Waals surface area contributed by atoms with Crippen LogP contribution in [0.4, 0.5) is 0 Å².